The molecule has 0 fully saturated rings. The molecule has 7 heteroatoms. The van der Waals surface area contributed by atoms with Crippen molar-refractivity contribution in [2.45, 2.75) is 13.0 Å². The standard InChI is InChI=1S/C9H15N7/c1-15(2)4-3-5-16-9-7(13-14-16)8(10)11-6-12-9/h6H,3-5H2,1-2H3,(H2,10,11,12). The molecule has 7 nitrogen and oxygen atoms in total. The molecular weight excluding hydrogens is 206 g/mol. The van der Waals surface area contributed by atoms with Crippen molar-refractivity contribution in [3.63, 3.8) is 0 Å². The zero-order valence-corrected chi connectivity index (χ0v) is 9.46. The molecule has 0 atom stereocenters. The van der Waals surface area contributed by atoms with Gasteiger partial charge in [-0.05, 0) is 27.1 Å². The van der Waals surface area contributed by atoms with Gasteiger partial charge in [-0.2, -0.15) is 0 Å². The molecule has 0 spiro atoms. The zero-order valence-electron chi connectivity index (χ0n) is 9.46. The van der Waals surface area contributed by atoms with Crippen molar-refractivity contribution in [1.82, 2.24) is 29.9 Å². The summed E-state index contributed by atoms with van der Waals surface area (Å²) in [5, 5.41) is 7.98. The summed E-state index contributed by atoms with van der Waals surface area (Å²) < 4.78 is 1.76. The third-order valence-corrected chi connectivity index (χ3v) is 2.30. The minimum atomic E-state index is 0.379. The molecule has 86 valence electrons. The largest absolute Gasteiger partial charge is 0.382 e. The predicted octanol–water partition coefficient (Wildman–Crippen LogP) is -0.245. The molecule has 0 unspecified atom stereocenters. The van der Waals surface area contributed by atoms with E-state index in [1.54, 1.807) is 4.68 Å². The second-order valence-corrected chi connectivity index (χ2v) is 3.90. The summed E-state index contributed by atoms with van der Waals surface area (Å²) in [5.41, 5.74) is 6.95. The van der Waals surface area contributed by atoms with Crippen LogP contribution in [0.4, 0.5) is 5.82 Å². The first-order chi connectivity index (χ1) is 7.68. The quantitative estimate of drug-likeness (QED) is 0.766. The van der Waals surface area contributed by atoms with E-state index in [1.165, 1.54) is 6.33 Å². The van der Waals surface area contributed by atoms with Crippen molar-refractivity contribution in [2.75, 3.05) is 26.4 Å². The lowest BCUT2D eigenvalue weighted by Crippen LogP contribution is -2.15. The van der Waals surface area contributed by atoms with Gasteiger partial charge in [-0.25, -0.2) is 14.6 Å². The molecule has 0 saturated carbocycles. The van der Waals surface area contributed by atoms with E-state index in [9.17, 15) is 0 Å². The third kappa shape index (κ3) is 2.08. The van der Waals surface area contributed by atoms with E-state index in [-0.39, 0.29) is 0 Å². The third-order valence-electron chi connectivity index (χ3n) is 2.30. The van der Waals surface area contributed by atoms with Gasteiger partial charge in [-0.3, -0.25) is 0 Å². The Morgan fingerprint density at radius 2 is 2.19 bits per heavy atom. The van der Waals surface area contributed by atoms with Crippen molar-refractivity contribution in [3.05, 3.63) is 6.33 Å². The number of rotatable bonds is 4. The summed E-state index contributed by atoms with van der Waals surface area (Å²) >= 11 is 0. The highest BCUT2D eigenvalue weighted by Gasteiger charge is 2.08. The highest BCUT2D eigenvalue weighted by atomic mass is 15.4. The molecular formula is C9H15N7. The summed E-state index contributed by atoms with van der Waals surface area (Å²) in [4.78, 5) is 10.1. The molecule has 2 aromatic heterocycles. The first-order valence-corrected chi connectivity index (χ1v) is 5.13. The molecule has 0 bridgehead atoms. The Bertz CT molecular complexity index is 476. The van der Waals surface area contributed by atoms with Crippen LogP contribution >= 0.6 is 0 Å². The summed E-state index contributed by atoms with van der Waals surface area (Å²) in [5.74, 6) is 0.379. The summed E-state index contributed by atoms with van der Waals surface area (Å²) in [6, 6.07) is 0. The number of hydrogen-bond acceptors (Lipinski definition) is 6. The molecule has 0 radical (unpaired) electrons. The van der Waals surface area contributed by atoms with Crippen LogP contribution in [-0.2, 0) is 6.54 Å². The second-order valence-electron chi connectivity index (χ2n) is 3.90. The van der Waals surface area contributed by atoms with Gasteiger partial charge in [0.15, 0.2) is 17.0 Å². The molecule has 2 N–H and O–H groups in total. The van der Waals surface area contributed by atoms with Crippen molar-refractivity contribution >= 4 is 17.0 Å². The number of anilines is 1. The molecule has 2 aromatic rings. The van der Waals surface area contributed by atoms with E-state index in [0.717, 1.165) is 19.5 Å². The Balaban J connectivity index is 2.16. The van der Waals surface area contributed by atoms with Crippen LogP contribution in [0.25, 0.3) is 11.2 Å². The molecule has 0 aliphatic carbocycles. The monoisotopic (exact) mass is 221 g/mol. The number of aryl methyl sites for hydroxylation is 1. The van der Waals surface area contributed by atoms with Crippen LogP contribution in [0.2, 0.25) is 0 Å². The van der Waals surface area contributed by atoms with Crippen LogP contribution in [0.5, 0.6) is 0 Å². The van der Waals surface area contributed by atoms with E-state index in [1.807, 2.05) is 14.1 Å². The number of nitrogens with zero attached hydrogens (tertiary/aromatic N) is 6. The molecule has 0 amide bonds. The zero-order chi connectivity index (χ0) is 11.5. The number of aromatic nitrogens is 5. The maximum absolute atomic E-state index is 5.67. The van der Waals surface area contributed by atoms with Crippen LogP contribution in [0.1, 0.15) is 6.42 Å². The summed E-state index contributed by atoms with van der Waals surface area (Å²) in [6.07, 6.45) is 2.43. The topological polar surface area (TPSA) is 85.8 Å². The summed E-state index contributed by atoms with van der Waals surface area (Å²) in [7, 11) is 4.08. The lowest BCUT2D eigenvalue weighted by Gasteiger charge is -2.08. The van der Waals surface area contributed by atoms with Gasteiger partial charge >= 0.3 is 0 Å². The maximum Gasteiger partial charge on any atom is 0.183 e. The molecule has 0 aliphatic heterocycles. The van der Waals surface area contributed by atoms with Crippen LogP contribution in [0.15, 0.2) is 6.33 Å². The van der Waals surface area contributed by atoms with Crippen molar-refractivity contribution in [3.8, 4) is 0 Å². The van der Waals surface area contributed by atoms with Gasteiger partial charge in [0, 0.05) is 6.54 Å². The lowest BCUT2D eigenvalue weighted by atomic mass is 10.4. The van der Waals surface area contributed by atoms with Crippen molar-refractivity contribution < 1.29 is 0 Å². The van der Waals surface area contributed by atoms with Gasteiger partial charge in [-0.15, -0.1) is 5.10 Å². The minimum Gasteiger partial charge on any atom is -0.382 e. The Kier molecular flexibility index (Phi) is 2.95. The first kappa shape index (κ1) is 10.7. The molecule has 0 saturated heterocycles. The number of nitrogens with two attached hydrogens (primary N) is 1. The molecule has 16 heavy (non-hydrogen) atoms. The van der Waals surface area contributed by atoms with Gasteiger partial charge in [-0.1, -0.05) is 5.21 Å². The Labute approximate surface area is 93.3 Å². The highest BCUT2D eigenvalue weighted by Crippen LogP contribution is 2.12. The molecule has 0 aliphatic rings. The maximum atomic E-state index is 5.67. The lowest BCUT2D eigenvalue weighted by molar-refractivity contribution is 0.380. The molecule has 0 aromatic carbocycles. The smallest absolute Gasteiger partial charge is 0.183 e. The van der Waals surface area contributed by atoms with Gasteiger partial charge < -0.3 is 10.6 Å². The Morgan fingerprint density at radius 3 is 2.94 bits per heavy atom. The fourth-order valence-electron chi connectivity index (χ4n) is 1.50. The normalized spacial score (nSPS) is 11.4. The average Bonchev–Trinajstić information content (AvgIpc) is 2.63. The Hall–Kier alpha value is -1.76. The number of hydrogen-bond donors (Lipinski definition) is 1. The van der Waals surface area contributed by atoms with Crippen LogP contribution < -0.4 is 5.73 Å². The van der Waals surface area contributed by atoms with E-state index in [0.29, 0.717) is 17.0 Å². The fraction of sp³-hybridized carbons (Fsp3) is 0.556. The van der Waals surface area contributed by atoms with Gasteiger partial charge in [0.05, 0.1) is 0 Å². The van der Waals surface area contributed by atoms with E-state index in [2.05, 4.69) is 25.2 Å². The predicted molar refractivity (Wildman–Crippen MR) is 60.7 cm³/mol. The van der Waals surface area contributed by atoms with Crippen molar-refractivity contribution in [2.24, 2.45) is 0 Å². The minimum absolute atomic E-state index is 0.379. The van der Waals surface area contributed by atoms with Gasteiger partial charge in [0.1, 0.15) is 6.33 Å². The SMILES string of the molecule is CN(C)CCCn1nnc2c(N)ncnc21. The average molecular weight is 221 g/mol. The molecule has 2 rings (SSSR count). The van der Waals surface area contributed by atoms with Gasteiger partial charge in [0.25, 0.3) is 0 Å². The second kappa shape index (κ2) is 4.40. The van der Waals surface area contributed by atoms with Crippen LogP contribution in [0, 0.1) is 0 Å². The Morgan fingerprint density at radius 1 is 1.38 bits per heavy atom. The van der Waals surface area contributed by atoms with Crippen LogP contribution in [-0.4, -0.2) is 50.5 Å². The van der Waals surface area contributed by atoms with E-state index in [4.69, 9.17) is 5.73 Å². The first-order valence-electron chi connectivity index (χ1n) is 5.13. The van der Waals surface area contributed by atoms with Crippen LogP contribution in [0.3, 0.4) is 0 Å². The van der Waals surface area contributed by atoms with E-state index < -0.39 is 0 Å². The number of fused-ring (bicyclic) bond motifs is 1. The fourth-order valence-corrected chi connectivity index (χ4v) is 1.50. The number of nitrogen functional groups attached to an aromatic ring is 1. The van der Waals surface area contributed by atoms with Gasteiger partial charge in [0.2, 0.25) is 0 Å². The molecule has 2 heterocycles. The van der Waals surface area contributed by atoms with E-state index >= 15 is 0 Å². The summed E-state index contributed by atoms with van der Waals surface area (Å²) in [6.45, 7) is 1.78. The van der Waals surface area contributed by atoms with Crippen molar-refractivity contribution in [1.29, 1.82) is 0 Å². The highest BCUT2D eigenvalue weighted by molar-refractivity contribution is 5.80.